The molecule has 1 aromatic carbocycles. The highest BCUT2D eigenvalue weighted by molar-refractivity contribution is 14.1. The fraction of sp³-hybridized carbons (Fsp3) is 0.286. The van der Waals surface area contributed by atoms with Crippen molar-refractivity contribution in [2.45, 2.75) is 26.7 Å². The summed E-state index contributed by atoms with van der Waals surface area (Å²) in [6.45, 7) is 6.30. The third-order valence-corrected chi connectivity index (χ3v) is 4.70. The predicted octanol–water partition coefficient (Wildman–Crippen LogP) is 4.83. The van der Waals surface area contributed by atoms with Crippen LogP contribution in [0.2, 0.25) is 5.15 Å². The minimum Gasteiger partial charge on any atom is -0.232 e. The fourth-order valence-corrected chi connectivity index (χ4v) is 2.13. The zero-order valence-corrected chi connectivity index (χ0v) is 13.5. The van der Waals surface area contributed by atoms with Crippen LogP contribution in [0, 0.1) is 10.5 Å². The van der Waals surface area contributed by atoms with Crippen molar-refractivity contribution < 1.29 is 0 Å². The number of nitrogens with zero attached hydrogens (tertiary/aromatic N) is 2. The second-order valence-corrected chi connectivity index (χ2v) is 5.95. The topological polar surface area (TPSA) is 25.8 Å². The minimum atomic E-state index is 0.519. The van der Waals surface area contributed by atoms with Crippen LogP contribution < -0.4 is 0 Å². The molecule has 0 aliphatic carbocycles. The van der Waals surface area contributed by atoms with Crippen LogP contribution in [-0.4, -0.2) is 9.97 Å². The molecule has 2 nitrogen and oxygen atoms in total. The lowest BCUT2D eigenvalue weighted by molar-refractivity contribution is 0.867. The summed E-state index contributed by atoms with van der Waals surface area (Å²) < 4.78 is 0.914. The van der Waals surface area contributed by atoms with Gasteiger partial charge in [0.05, 0.1) is 9.26 Å². The maximum absolute atomic E-state index is 6.09. The molecule has 0 unspecified atom stereocenters. The van der Waals surface area contributed by atoms with Gasteiger partial charge in [0.2, 0.25) is 0 Å². The molecule has 18 heavy (non-hydrogen) atoms. The molecule has 0 aliphatic rings. The molecule has 0 radical (unpaired) electrons. The van der Waals surface area contributed by atoms with E-state index in [9.17, 15) is 0 Å². The average Bonchev–Trinajstić information content (AvgIpc) is 2.35. The molecular formula is C14H14ClIN2. The lowest BCUT2D eigenvalue weighted by Crippen LogP contribution is -1.97. The van der Waals surface area contributed by atoms with Gasteiger partial charge in [0, 0.05) is 5.56 Å². The van der Waals surface area contributed by atoms with Crippen LogP contribution in [0.5, 0.6) is 0 Å². The van der Waals surface area contributed by atoms with E-state index < -0.39 is 0 Å². The van der Waals surface area contributed by atoms with Gasteiger partial charge in [0.25, 0.3) is 0 Å². The van der Waals surface area contributed by atoms with Gasteiger partial charge in [0.15, 0.2) is 5.82 Å². The Kier molecular flexibility index (Phi) is 4.22. The number of hydrogen-bond donors (Lipinski definition) is 0. The number of aromatic nitrogens is 2. The highest BCUT2D eigenvalue weighted by Gasteiger charge is 2.09. The van der Waals surface area contributed by atoms with Crippen molar-refractivity contribution in [3.05, 3.63) is 44.2 Å². The van der Waals surface area contributed by atoms with E-state index in [-0.39, 0.29) is 0 Å². The molecule has 2 aromatic rings. The number of halogens is 2. The Morgan fingerprint density at radius 3 is 2.22 bits per heavy atom. The van der Waals surface area contributed by atoms with E-state index in [0.29, 0.717) is 16.9 Å². The Morgan fingerprint density at radius 2 is 1.72 bits per heavy atom. The lowest BCUT2D eigenvalue weighted by atomic mass is 10.0. The molecule has 1 heterocycles. The molecule has 0 atom stereocenters. The van der Waals surface area contributed by atoms with Crippen LogP contribution in [0.4, 0.5) is 0 Å². The Labute approximate surface area is 126 Å². The van der Waals surface area contributed by atoms with Crippen LogP contribution in [0.25, 0.3) is 11.4 Å². The van der Waals surface area contributed by atoms with E-state index in [0.717, 1.165) is 14.8 Å². The summed E-state index contributed by atoms with van der Waals surface area (Å²) in [7, 11) is 0. The molecule has 0 spiro atoms. The molecule has 94 valence electrons. The number of rotatable bonds is 2. The van der Waals surface area contributed by atoms with Crippen molar-refractivity contribution in [1.29, 1.82) is 0 Å². The standard InChI is InChI=1S/C14H14ClIN2/c1-8(2)10-4-6-11(7-5-10)14-17-9(3)12(16)13(15)18-14/h4-8H,1-3H3. The minimum absolute atomic E-state index is 0.519. The molecule has 0 amide bonds. The van der Waals surface area contributed by atoms with Gasteiger partial charge in [0.1, 0.15) is 5.15 Å². The summed E-state index contributed by atoms with van der Waals surface area (Å²) >= 11 is 8.25. The van der Waals surface area contributed by atoms with Crippen molar-refractivity contribution in [3.8, 4) is 11.4 Å². The first-order valence-corrected chi connectivity index (χ1v) is 7.24. The molecule has 0 aliphatic heterocycles. The Bertz CT molecular complexity index is 542. The maximum Gasteiger partial charge on any atom is 0.161 e. The van der Waals surface area contributed by atoms with Gasteiger partial charge < -0.3 is 0 Å². The van der Waals surface area contributed by atoms with Crippen molar-refractivity contribution in [2.75, 3.05) is 0 Å². The third kappa shape index (κ3) is 2.83. The first-order valence-electron chi connectivity index (χ1n) is 5.79. The largest absolute Gasteiger partial charge is 0.232 e. The van der Waals surface area contributed by atoms with E-state index in [2.05, 4.69) is 58.5 Å². The summed E-state index contributed by atoms with van der Waals surface area (Å²) in [6, 6.07) is 8.33. The van der Waals surface area contributed by atoms with Crippen LogP contribution in [0.15, 0.2) is 24.3 Å². The van der Waals surface area contributed by atoms with Crippen LogP contribution >= 0.6 is 34.2 Å². The Hall–Kier alpha value is -0.680. The van der Waals surface area contributed by atoms with Crippen LogP contribution in [0.3, 0.4) is 0 Å². The van der Waals surface area contributed by atoms with Gasteiger partial charge in [-0.1, -0.05) is 49.7 Å². The predicted molar refractivity (Wildman–Crippen MR) is 84.0 cm³/mol. The van der Waals surface area contributed by atoms with Crippen molar-refractivity contribution in [3.63, 3.8) is 0 Å². The summed E-state index contributed by atoms with van der Waals surface area (Å²) in [4.78, 5) is 8.80. The first-order chi connectivity index (χ1) is 8.49. The monoisotopic (exact) mass is 372 g/mol. The first kappa shape index (κ1) is 13.7. The van der Waals surface area contributed by atoms with Gasteiger partial charge in [-0.3, -0.25) is 0 Å². The van der Waals surface area contributed by atoms with Gasteiger partial charge in [-0.15, -0.1) is 0 Å². The molecule has 4 heteroatoms. The highest BCUT2D eigenvalue weighted by Crippen LogP contribution is 2.24. The Morgan fingerprint density at radius 1 is 1.11 bits per heavy atom. The molecule has 0 fully saturated rings. The second kappa shape index (κ2) is 5.53. The van der Waals surface area contributed by atoms with Crippen molar-refractivity contribution >= 4 is 34.2 Å². The van der Waals surface area contributed by atoms with E-state index >= 15 is 0 Å². The summed E-state index contributed by atoms with van der Waals surface area (Å²) in [5, 5.41) is 0.519. The molecular weight excluding hydrogens is 359 g/mol. The van der Waals surface area contributed by atoms with Crippen molar-refractivity contribution in [2.24, 2.45) is 0 Å². The number of benzene rings is 1. The second-order valence-electron chi connectivity index (χ2n) is 4.51. The normalized spacial score (nSPS) is 11.0. The molecule has 0 bridgehead atoms. The number of aryl methyl sites for hydroxylation is 1. The molecule has 2 rings (SSSR count). The smallest absolute Gasteiger partial charge is 0.161 e. The van der Waals surface area contributed by atoms with Crippen LogP contribution in [0.1, 0.15) is 31.0 Å². The van der Waals surface area contributed by atoms with E-state index in [1.165, 1.54) is 5.56 Å². The van der Waals surface area contributed by atoms with Gasteiger partial charge >= 0.3 is 0 Å². The molecule has 0 saturated heterocycles. The lowest BCUT2D eigenvalue weighted by Gasteiger charge is -2.08. The zero-order valence-electron chi connectivity index (χ0n) is 10.5. The SMILES string of the molecule is Cc1nc(-c2ccc(C(C)C)cc2)nc(Cl)c1I. The Balaban J connectivity index is 2.43. The summed E-state index contributed by atoms with van der Waals surface area (Å²) in [5.41, 5.74) is 3.23. The van der Waals surface area contributed by atoms with E-state index in [4.69, 9.17) is 11.6 Å². The number of hydrogen-bond acceptors (Lipinski definition) is 2. The summed E-state index contributed by atoms with van der Waals surface area (Å²) in [6.07, 6.45) is 0. The van der Waals surface area contributed by atoms with E-state index in [1.807, 2.05) is 19.1 Å². The van der Waals surface area contributed by atoms with Gasteiger partial charge in [-0.2, -0.15) is 0 Å². The average molecular weight is 373 g/mol. The zero-order chi connectivity index (χ0) is 13.3. The quantitative estimate of drug-likeness (QED) is 0.557. The third-order valence-electron chi connectivity index (χ3n) is 2.81. The van der Waals surface area contributed by atoms with Crippen molar-refractivity contribution in [1.82, 2.24) is 9.97 Å². The van der Waals surface area contributed by atoms with Gasteiger partial charge in [-0.05, 0) is 41.0 Å². The van der Waals surface area contributed by atoms with E-state index in [1.54, 1.807) is 0 Å². The maximum atomic E-state index is 6.09. The molecule has 0 N–H and O–H groups in total. The highest BCUT2D eigenvalue weighted by atomic mass is 127. The molecule has 1 aromatic heterocycles. The van der Waals surface area contributed by atoms with Gasteiger partial charge in [-0.25, -0.2) is 9.97 Å². The fourth-order valence-electron chi connectivity index (χ4n) is 1.67. The molecule has 0 saturated carbocycles. The summed E-state index contributed by atoms with van der Waals surface area (Å²) in [5.74, 6) is 1.22. The van der Waals surface area contributed by atoms with Crippen LogP contribution in [-0.2, 0) is 0 Å².